The summed E-state index contributed by atoms with van der Waals surface area (Å²) in [6.07, 6.45) is 0. The molecular weight excluding hydrogens is 629 g/mol. The minimum atomic E-state index is -0.579. The number of hydrogen-bond acceptors (Lipinski definition) is 3. The third-order valence-corrected chi connectivity index (χ3v) is 9.20. The molecule has 2 unspecified atom stereocenters. The molecule has 0 spiro atoms. The van der Waals surface area contributed by atoms with Gasteiger partial charge in [-0.1, -0.05) is 181 Å². The fraction of sp³-hybridized carbons (Fsp3) is 0.0465. The van der Waals surface area contributed by atoms with E-state index in [1.165, 1.54) is 0 Å². The molecule has 0 radical (unpaired) electrons. The molecule has 0 fully saturated rings. The molecular formula is C43H31Cl2N3. The molecule has 48 heavy (non-hydrogen) atoms. The number of nitrogens with one attached hydrogen (secondary N) is 1. The van der Waals surface area contributed by atoms with Gasteiger partial charge in [-0.15, -0.1) is 0 Å². The molecule has 0 saturated carbocycles. The lowest BCUT2D eigenvalue weighted by atomic mass is 9.78. The van der Waals surface area contributed by atoms with Crippen molar-refractivity contribution in [2.75, 3.05) is 0 Å². The van der Waals surface area contributed by atoms with Crippen molar-refractivity contribution < 1.29 is 0 Å². The Labute approximate surface area is 291 Å². The van der Waals surface area contributed by atoms with Crippen LogP contribution in [0.3, 0.4) is 0 Å². The number of aliphatic imine (C=N–C) groups is 2. The van der Waals surface area contributed by atoms with Crippen molar-refractivity contribution in [2.24, 2.45) is 15.9 Å². The average Bonchev–Trinajstić information content (AvgIpc) is 3.54. The summed E-state index contributed by atoms with van der Waals surface area (Å²) in [5, 5.41) is 10.7. The first-order chi connectivity index (χ1) is 23.6. The van der Waals surface area contributed by atoms with Crippen molar-refractivity contribution in [3.63, 3.8) is 0 Å². The van der Waals surface area contributed by atoms with E-state index in [-0.39, 0.29) is 0 Å². The van der Waals surface area contributed by atoms with Crippen LogP contribution >= 0.6 is 23.2 Å². The molecule has 2 atom stereocenters. The predicted molar refractivity (Wildman–Crippen MR) is 202 cm³/mol. The maximum Gasteiger partial charge on any atom is 0.0910 e. The second-order valence-electron chi connectivity index (χ2n) is 11.5. The molecule has 0 aliphatic carbocycles. The molecule has 0 amide bonds. The van der Waals surface area contributed by atoms with E-state index in [1.54, 1.807) is 0 Å². The van der Waals surface area contributed by atoms with Gasteiger partial charge in [0.15, 0.2) is 0 Å². The van der Waals surface area contributed by atoms with E-state index in [1.807, 2.05) is 146 Å². The van der Waals surface area contributed by atoms with Crippen molar-refractivity contribution in [2.45, 2.75) is 6.04 Å². The van der Waals surface area contributed by atoms with Crippen LogP contribution in [0.4, 0.5) is 0 Å². The molecule has 7 rings (SSSR count). The predicted octanol–water partition coefficient (Wildman–Crippen LogP) is 11.3. The van der Waals surface area contributed by atoms with Crippen LogP contribution < -0.4 is 0 Å². The zero-order valence-electron chi connectivity index (χ0n) is 26.0. The molecule has 1 aliphatic rings. The number of rotatable bonds is 9. The van der Waals surface area contributed by atoms with Crippen LogP contribution in [0.15, 0.2) is 180 Å². The molecule has 5 heteroatoms. The van der Waals surface area contributed by atoms with Crippen molar-refractivity contribution >= 4 is 51.6 Å². The van der Waals surface area contributed by atoms with E-state index in [2.05, 4.69) is 24.3 Å². The number of nitrogens with zero attached hydrogens (tertiary/aromatic N) is 2. The van der Waals surface area contributed by atoms with Gasteiger partial charge in [0, 0.05) is 32.3 Å². The number of halogens is 2. The fourth-order valence-corrected chi connectivity index (χ4v) is 6.77. The summed E-state index contributed by atoms with van der Waals surface area (Å²) >= 11 is 14.1. The molecule has 6 aromatic carbocycles. The Morgan fingerprint density at radius 3 is 1.67 bits per heavy atom. The first kappa shape index (κ1) is 31.3. The van der Waals surface area contributed by atoms with E-state index in [0.29, 0.717) is 21.5 Å². The zero-order chi connectivity index (χ0) is 32.9. The van der Waals surface area contributed by atoms with E-state index >= 15 is 0 Å². The molecule has 0 aromatic heterocycles. The van der Waals surface area contributed by atoms with Crippen molar-refractivity contribution in [1.82, 2.24) is 0 Å². The summed E-state index contributed by atoms with van der Waals surface area (Å²) in [4.78, 5) is 11.0. The normalized spacial score (nSPS) is 15.2. The quantitative estimate of drug-likeness (QED) is 0.150. The van der Waals surface area contributed by atoms with E-state index in [9.17, 15) is 5.41 Å². The second kappa shape index (κ2) is 14.2. The summed E-state index contributed by atoms with van der Waals surface area (Å²) in [6.45, 7) is 0. The van der Waals surface area contributed by atoms with Gasteiger partial charge in [-0.2, -0.15) is 0 Å². The third-order valence-electron chi connectivity index (χ3n) is 8.53. The zero-order valence-corrected chi connectivity index (χ0v) is 27.5. The molecule has 1 N–H and O–H groups in total. The number of hydrogen-bond donors (Lipinski definition) is 1. The summed E-state index contributed by atoms with van der Waals surface area (Å²) in [5.41, 5.74) is 8.84. The first-order valence-corrected chi connectivity index (χ1v) is 16.6. The highest BCUT2D eigenvalue weighted by atomic mass is 35.5. The Balaban J connectivity index is 1.56. The molecule has 0 bridgehead atoms. The van der Waals surface area contributed by atoms with Crippen LogP contribution in [0.2, 0.25) is 10.0 Å². The highest BCUT2D eigenvalue weighted by molar-refractivity contribution is 6.52. The van der Waals surface area contributed by atoms with Crippen LogP contribution in [0.5, 0.6) is 0 Å². The molecule has 0 saturated heterocycles. The lowest BCUT2D eigenvalue weighted by Crippen LogP contribution is -2.25. The minimum Gasteiger partial charge on any atom is -0.298 e. The maximum absolute atomic E-state index is 9.51. The largest absolute Gasteiger partial charge is 0.298 e. The standard InChI is InChI=1S/C43H31Cl2N3/c44-35-27-15-13-25-33(35)42-38(37(29-17-5-1-6-18-29)40(47-42)31-21-9-3-10-22-31)43(34-26-14-16-28-36(34)45)48-41(32-23-11-4-12-24-32)39(46)30-19-7-2-8-20-30/h1-28,38,43,46H/b46-39?,48-41-. The topological polar surface area (TPSA) is 48.6 Å². The van der Waals surface area contributed by atoms with Crippen LogP contribution in [0, 0.1) is 11.3 Å². The summed E-state index contributed by atoms with van der Waals surface area (Å²) in [6, 6.07) is 55.3. The summed E-state index contributed by atoms with van der Waals surface area (Å²) in [5.74, 6) is -0.412. The first-order valence-electron chi connectivity index (χ1n) is 15.8. The van der Waals surface area contributed by atoms with Crippen LogP contribution in [0.1, 0.15) is 39.4 Å². The van der Waals surface area contributed by atoms with Gasteiger partial charge in [0.25, 0.3) is 0 Å². The Morgan fingerprint density at radius 2 is 1.06 bits per heavy atom. The van der Waals surface area contributed by atoms with Crippen LogP contribution in [-0.2, 0) is 0 Å². The monoisotopic (exact) mass is 659 g/mol. The fourth-order valence-electron chi connectivity index (χ4n) is 6.29. The van der Waals surface area contributed by atoms with E-state index in [4.69, 9.17) is 33.2 Å². The molecule has 6 aromatic rings. The van der Waals surface area contributed by atoms with Gasteiger partial charge in [-0.3, -0.25) is 15.4 Å². The van der Waals surface area contributed by atoms with Gasteiger partial charge in [-0.05, 0) is 28.8 Å². The SMILES string of the molecule is N=C(/C(=N\C(c1ccccc1Cl)C1C(c2ccccc2Cl)=NC(c2ccccc2)=C1c1ccccc1)c1ccccc1)c1ccccc1. The van der Waals surface area contributed by atoms with Crippen LogP contribution in [0.25, 0.3) is 11.3 Å². The Hall–Kier alpha value is -5.35. The van der Waals surface area contributed by atoms with Crippen LogP contribution in [-0.4, -0.2) is 17.1 Å². The molecule has 232 valence electrons. The summed E-state index contributed by atoms with van der Waals surface area (Å²) in [7, 11) is 0. The van der Waals surface area contributed by atoms with E-state index in [0.717, 1.165) is 50.4 Å². The van der Waals surface area contributed by atoms with Gasteiger partial charge in [0.05, 0.1) is 34.8 Å². The van der Waals surface area contributed by atoms with Gasteiger partial charge in [0.1, 0.15) is 0 Å². The highest BCUT2D eigenvalue weighted by Gasteiger charge is 2.40. The molecule has 3 nitrogen and oxygen atoms in total. The van der Waals surface area contributed by atoms with Crippen molar-refractivity contribution in [1.29, 1.82) is 5.41 Å². The lowest BCUT2D eigenvalue weighted by Gasteiger charge is -2.28. The third kappa shape index (κ3) is 6.31. The average molecular weight is 661 g/mol. The molecule has 1 aliphatic heterocycles. The Bertz CT molecular complexity index is 2160. The Morgan fingerprint density at radius 1 is 0.562 bits per heavy atom. The minimum absolute atomic E-state index is 0.321. The summed E-state index contributed by atoms with van der Waals surface area (Å²) < 4.78 is 0. The van der Waals surface area contributed by atoms with Gasteiger partial charge in [-0.25, -0.2) is 0 Å². The van der Waals surface area contributed by atoms with Gasteiger partial charge >= 0.3 is 0 Å². The van der Waals surface area contributed by atoms with Gasteiger partial charge in [0.2, 0.25) is 0 Å². The Kier molecular flexibility index (Phi) is 9.24. The molecule has 1 heterocycles. The second-order valence-corrected chi connectivity index (χ2v) is 12.3. The highest BCUT2D eigenvalue weighted by Crippen LogP contribution is 2.49. The maximum atomic E-state index is 9.51. The van der Waals surface area contributed by atoms with Crippen molar-refractivity contribution in [3.05, 3.63) is 213 Å². The number of benzene rings is 6. The van der Waals surface area contributed by atoms with E-state index < -0.39 is 12.0 Å². The smallest absolute Gasteiger partial charge is 0.0910 e. The van der Waals surface area contributed by atoms with Gasteiger partial charge < -0.3 is 0 Å². The van der Waals surface area contributed by atoms with Crippen molar-refractivity contribution in [3.8, 4) is 0 Å². The lowest BCUT2D eigenvalue weighted by molar-refractivity contribution is 0.671.